The molecule has 4 atom stereocenters. The molecular weight excluding hydrogens is 274 g/mol. The zero-order chi connectivity index (χ0) is 14.2. The molecule has 5 nitrogen and oxygen atoms in total. The molecular formula is C14H27N3O2S. The molecule has 3 aliphatic rings. The van der Waals surface area contributed by atoms with Gasteiger partial charge in [0, 0.05) is 19.6 Å². The molecule has 0 aromatic carbocycles. The van der Waals surface area contributed by atoms with Crippen LogP contribution in [-0.2, 0) is 10.2 Å². The van der Waals surface area contributed by atoms with Gasteiger partial charge in [0.1, 0.15) is 0 Å². The van der Waals surface area contributed by atoms with Gasteiger partial charge in [-0.2, -0.15) is 12.7 Å². The Labute approximate surface area is 122 Å². The fourth-order valence-electron chi connectivity index (χ4n) is 4.37. The van der Waals surface area contributed by atoms with E-state index in [2.05, 4.69) is 4.72 Å². The molecule has 6 heteroatoms. The van der Waals surface area contributed by atoms with Crippen LogP contribution in [0.15, 0.2) is 0 Å². The van der Waals surface area contributed by atoms with Crippen molar-refractivity contribution in [3.8, 4) is 0 Å². The molecule has 1 saturated heterocycles. The van der Waals surface area contributed by atoms with Gasteiger partial charge in [0.25, 0.3) is 10.2 Å². The number of hydrogen-bond donors (Lipinski definition) is 2. The summed E-state index contributed by atoms with van der Waals surface area (Å²) in [5.41, 5.74) is 5.68. The fraction of sp³-hybridized carbons (Fsp3) is 1.00. The summed E-state index contributed by atoms with van der Waals surface area (Å²) in [5, 5.41) is 0. The number of nitrogens with one attached hydrogen (secondary N) is 1. The van der Waals surface area contributed by atoms with Crippen molar-refractivity contribution in [1.82, 2.24) is 9.03 Å². The Morgan fingerprint density at radius 2 is 2.05 bits per heavy atom. The third-order valence-corrected chi connectivity index (χ3v) is 7.11. The predicted octanol–water partition coefficient (Wildman–Crippen LogP) is 0.928. The molecule has 0 aromatic heterocycles. The number of piperidine rings is 1. The maximum Gasteiger partial charge on any atom is 0.279 e. The van der Waals surface area contributed by atoms with Crippen LogP contribution in [0.3, 0.4) is 0 Å². The normalized spacial score (nSPS) is 38.5. The first-order valence-electron chi connectivity index (χ1n) is 8.03. The van der Waals surface area contributed by atoms with Gasteiger partial charge in [0.15, 0.2) is 0 Å². The average molecular weight is 301 g/mol. The number of rotatable bonds is 5. The number of hydrogen-bond acceptors (Lipinski definition) is 3. The highest BCUT2D eigenvalue weighted by Crippen LogP contribution is 2.48. The van der Waals surface area contributed by atoms with E-state index in [1.807, 2.05) is 0 Å². The van der Waals surface area contributed by atoms with Gasteiger partial charge >= 0.3 is 0 Å². The first-order chi connectivity index (χ1) is 9.58. The summed E-state index contributed by atoms with van der Waals surface area (Å²) < 4.78 is 29.2. The quantitative estimate of drug-likeness (QED) is 0.793. The van der Waals surface area contributed by atoms with Crippen LogP contribution in [0.4, 0.5) is 0 Å². The molecule has 3 fully saturated rings. The molecule has 0 amide bonds. The van der Waals surface area contributed by atoms with Crippen molar-refractivity contribution in [2.24, 2.45) is 29.4 Å². The van der Waals surface area contributed by atoms with Crippen LogP contribution < -0.4 is 10.5 Å². The van der Waals surface area contributed by atoms with E-state index in [4.69, 9.17) is 5.73 Å². The lowest BCUT2D eigenvalue weighted by Gasteiger charge is -2.32. The van der Waals surface area contributed by atoms with E-state index >= 15 is 0 Å². The van der Waals surface area contributed by atoms with Crippen LogP contribution >= 0.6 is 0 Å². The van der Waals surface area contributed by atoms with Gasteiger partial charge in [-0.05, 0) is 62.3 Å². The first-order valence-corrected chi connectivity index (χ1v) is 9.47. The van der Waals surface area contributed by atoms with Crippen LogP contribution in [0, 0.1) is 23.7 Å². The molecule has 1 heterocycles. The van der Waals surface area contributed by atoms with Crippen molar-refractivity contribution >= 4 is 10.2 Å². The maximum absolute atomic E-state index is 12.4. The van der Waals surface area contributed by atoms with Crippen molar-refractivity contribution in [1.29, 1.82) is 0 Å². The summed E-state index contributed by atoms with van der Waals surface area (Å²) in [6.45, 7) is 2.44. The Morgan fingerprint density at radius 3 is 2.70 bits per heavy atom. The Hall–Kier alpha value is -0.170. The van der Waals surface area contributed by atoms with Gasteiger partial charge in [-0.1, -0.05) is 6.42 Å². The second kappa shape index (κ2) is 5.91. The minimum atomic E-state index is -3.30. The third-order valence-electron chi connectivity index (χ3n) is 5.57. The van der Waals surface area contributed by atoms with E-state index in [0.717, 1.165) is 24.7 Å². The second-order valence-corrected chi connectivity index (χ2v) is 8.65. The lowest BCUT2D eigenvalue weighted by Crippen LogP contribution is -2.48. The van der Waals surface area contributed by atoms with E-state index in [9.17, 15) is 8.42 Å². The van der Waals surface area contributed by atoms with Crippen molar-refractivity contribution in [2.45, 2.75) is 38.5 Å². The van der Waals surface area contributed by atoms with Gasteiger partial charge in [0.2, 0.25) is 0 Å². The summed E-state index contributed by atoms with van der Waals surface area (Å²) >= 11 is 0. The molecule has 0 aromatic rings. The average Bonchev–Trinajstić information content (AvgIpc) is 3.08. The summed E-state index contributed by atoms with van der Waals surface area (Å²) in [6, 6.07) is 0. The topological polar surface area (TPSA) is 75.4 Å². The van der Waals surface area contributed by atoms with E-state index in [0.29, 0.717) is 38.0 Å². The number of nitrogens with two attached hydrogens (primary N) is 1. The largest absolute Gasteiger partial charge is 0.330 e. The second-order valence-electron chi connectivity index (χ2n) is 6.89. The third kappa shape index (κ3) is 3.03. The molecule has 2 bridgehead atoms. The molecule has 116 valence electrons. The Kier molecular flexibility index (Phi) is 4.36. The summed E-state index contributed by atoms with van der Waals surface area (Å²) in [5.74, 6) is 2.52. The predicted molar refractivity (Wildman–Crippen MR) is 79.2 cm³/mol. The molecule has 20 heavy (non-hydrogen) atoms. The van der Waals surface area contributed by atoms with Crippen molar-refractivity contribution in [3.63, 3.8) is 0 Å². The SMILES string of the molecule is NCC1CCCN(S(=O)(=O)NCC2CC3CCC2C3)C1. The van der Waals surface area contributed by atoms with Crippen LogP contribution in [-0.4, -0.2) is 38.9 Å². The highest BCUT2D eigenvalue weighted by molar-refractivity contribution is 7.87. The number of fused-ring (bicyclic) bond motifs is 2. The van der Waals surface area contributed by atoms with Crippen LogP contribution in [0.2, 0.25) is 0 Å². The summed E-state index contributed by atoms with van der Waals surface area (Å²) in [7, 11) is -3.30. The van der Waals surface area contributed by atoms with Gasteiger partial charge in [-0.3, -0.25) is 0 Å². The molecule has 0 spiro atoms. The molecule has 0 radical (unpaired) electrons. The smallest absolute Gasteiger partial charge is 0.279 e. The molecule has 4 unspecified atom stereocenters. The van der Waals surface area contributed by atoms with Gasteiger partial charge in [0.05, 0.1) is 0 Å². The summed E-state index contributed by atoms with van der Waals surface area (Å²) in [6.07, 6.45) is 7.18. The molecule has 2 aliphatic carbocycles. The van der Waals surface area contributed by atoms with Crippen molar-refractivity contribution < 1.29 is 8.42 Å². The first kappa shape index (κ1) is 14.8. The summed E-state index contributed by atoms with van der Waals surface area (Å²) in [4.78, 5) is 0. The Balaban J connectivity index is 1.53. The van der Waals surface area contributed by atoms with Crippen LogP contribution in [0.5, 0.6) is 0 Å². The van der Waals surface area contributed by atoms with E-state index in [1.54, 1.807) is 4.31 Å². The van der Waals surface area contributed by atoms with Gasteiger partial charge in [-0.15, -0.1) is 0 Å². The minimum absolute atomic E-state index is 0.322. The number of nitrogens with zero attached hydrogens (tertiary/aromatic N) is 1. The van der Waals surface area contributed by atoms with Crippen LogP contribution in [0.25, 0.3) is 0 Å². The van der Waals surface area contributed by atoms with Crippen molar-refractivity contribution in [3.05, 3.63) is 0 Å². The highest BCUT2D eigenvalue weighted by atomic mass is 32.2. The highest BCUT2D eigenvalue weighted by Gasteiger charge is 2.40. The lowest BCUT2D eigenvalue weighted by molar-refractivity contribution is 0.265. The molecule has 2 saturated carbocycles. The van der Waals surface area contributed by atoms with Crippen molar-refractivity contribution in [2.75, 3.05) is 26.2 Å². The van der Waals surface area contributed by atoms with E-state index in [1.165, 1.54) is 25.7 Å². The Bertz CT molecular complexity index is 440. The molecule has 3 N–H and O–H groups in total. The van der Waals surface area contributed by atoms with Gasteiger partial charge in [-0.25, -0.2) is 4.72 Å². The minimum Gasteiger partial charge on any atom is -0.330 e. The van der Waals surface area contributed by atoms with Gasteiger partial charge < -0.3 is 5.73 Å². The monoisotopic (exact) mass is 301 g/mol. The fourth-order valence-corrected chi connectivity index (χ4v) is 5.75. The Morgan fingerprint density at radius 1 is 1.20 bits per heavy atom. The van der Waals surface area contributed by atoms with E-state index in [-0.39, 0.29) is 0 Å². The van der Waals surface area contributed by atoms with E-state index < -0.39 is 10.2 Å². The van der Waals surface area contributed by atoms with Crippen LogP contribution in [0.1, 0.15) is 38.5 Å². The molecule has 3 rings (SSSR count). The lowest BCUT2D eigenvalue weighted by atomic mass is 9.89. The zero-order valence-corrected chi connectivity index (χ0v) is 12.9. The standard InChI is InChI=1S/C14H27N3O2S/c15-8-12-2-1-5-17(10-12)20(18,19)16-9-14-7-11-3-4-13(14)6-11/h11-14,16H,1-10,15H2. The molecule has 1 aliphatic heterocycles. The zero-order valence-electron chi connectivity index (χ0n) is 12.1. The maximum atomic E-state index is 12.4.